The van der Waals surface area contributed by atoms with Gasteiger partial charge in [-0.15, -0.1) is 11.8 Å². The van der Waals surface area contributed by atoms with Gasteiger partial charge in [-0.1, -0.05) is 25.2 Å². The van der Waals surface area contributed by atoms with E-state index in [9.17, 15) is 0 Å². The van der Waals surface area contributed by atoms with Crippen LogP contribution in [0.5, 0.6) is 0 Å². The number of hydrogen-bond donors (Lipinski definition) is 1. The van der Waals surface area contributed by atoms with E-state index in [-0.39, 0.29) is 0 Å². The van der Waals surface area contributed by atoms with Crippen molar-refractivity contribution < 1.29 is 0 Å². The number of rotatable bonds is 5. The van der Waals surface area contributed by atoms with E-state index in [0.29, 0.717) is 11.0 Å². The van der Waals surface area contributed by atoms with Crippen LogP contribution in [0.15, 0.2) is 23.1 Å². The highest BCUT2D eigenvalue weighted by molar-refractivity contribution is 7.99. The SMILES string of the molecule is CCSc1cccc(N(C)C(C)C)c1C(N)=S. The number of nitrogens with zero attached hydrogens (tertiary/aromatic N) is 1. The molecule has 4 heteroatoms. The largest absolute Gasteiger partial charge is 0.389 e. The normalized spacial score (nSPS) is 10.6. The third kappa shape index (κ3) is 3.36. The fourth-order valence-corrected chi connectivity index (χ4v) is 2.74. The molecule has 17 heavy (non-hydrogen) atoms. The lowest BCUT2D eigenvalue weighted by atomic mass is 10.1. The molecule has 0 aliphatic rings. The minimum Gasteiger partial charge on any atom is -0.389 e. The Balaban J connectivity index is 3.29. The molecule has 0 fully saturated rings. The molecule has 0 aliphatic heterocycles. The van der Waals surface area contributed by atoms with Crippen LogP contribution in [0.1, 0.15) is 26.3 Å². The maximum atomic E-state index is 5.88. The van der Waals surface area contributed by atoms with Crippen LogP contribution in [-0.2, 0) is 0 Å². The second-order valence-electron chi connectivity index (χ2n) is 4.15. The summed E-state index contributed by atoms with van der Waals surface area (Å²) in [6, 6.07) is 6.65. The van der Waals surface area contributed by atoms with Crippen molar-refractivity contribution in [2.75, 3.05) is 17.7 Å². The average molecular weight is 268 g/mol. The summed E-state index contributed by atoms with van der Waals surface area (Å²) in [4.78, 5) is 3.85. The zero-order valence-corrected chi connectivity index (χ0v) is 12.5. The second kappa shape index (κ2) is 6.26. The maximum Gasteiger partial charge on any atom is 0.107 e. The first-order valence-corrected chi connectivity index (χ1v) is 7.16. The quantitative estimate of drug-likeness (QED) is 0.655. The van der Waals surface area contributed by atoms with Gasteiger partial charge in [-0.05, 0) is 31.7 Å². The van der Waals surface area contributed by atoms with Crippen molar-refractivity contribution in [1.82, 2.24) is 0 Å². The van der Waals surface area contributed by atoms with Gasteiger partial charge in [0.25, 0.3) is 0 Å². The fraction of sp³-hybridized carbons (Fsp3) is 0.462. The van der Waals surface area contributed by atoms with Crippen LogP contribution in [0.25, 0.3) is 0 Å². The summed E-state index contributed by atoms with van der Waals surface area (Å²) in [5.41, 5.74) is 8.00. The van der Waals surface area contributed by atoms with Crippen LogP contribution < -0.4 is 10.6 Å². The Morgan fingerprint density at radius 3 is 2.59 bits per heavy atom. The van der Waals surface area contributed by atoms with E-state index in [0.717, 1.165) is 17.0 Å². The number of anilines is 1. The van der Waals surface area contributed by atoms with Gasteiger partial charge in [-0.2, -0.15) is 0 Å². The van der Waals surface area contributed by atoms with Crippen molar-refractivity contribution in [3.05, 3.63) is 23.8 Å². The maximum absolute atomic E-state index is 5.88. The molecule has 0 heterocycles. The molecular formula is C13H20N2S2. The van der Waals surface area contributed by atoms with Crippen molar-refractivity contribution >= 4 is 34.7 Å². The number of thiocarbonyl (C=S) groups is 1. The van der Waals surface area contributed by atoms with Gasteiger partial charge in [-0.3, -0.25) is 0 Å². The number of nitrogens with two attached hydrogens (primary N) is 1. The fourth-order valence-electron chi connectivity index (χ4n) is 1.62. The summed E-state index contributed by atoms with van der Waals surface area (Å²) >= 11 is 6.97. The molecule has 0 saturated carbocycles. The van der Waals surface area contributed by atoms with Gasteiger partial charge < -0.3 is 10.6 Å². The summed E-state index contributed by atoms with van der Waals surface area (Å²) in [6.45, 7) is 6.44. The molecule has 0 bridgehead atoms. The highest BCUT2D eigenvalue weighted by atomic mass is 32.2. The van der Waals surface area contributed by atoms with E-state index in [1.54, 1.807) is 11.8 Å². The molecule has 0 aromatic heterocycles. The van der Waals surface area contributed by atoms with Crippen molar-refractivity contribution in [2.45, 2.75) is 31.7 Å². The lowest BCUT2D eigenvalue weighted by Crippen LogP contribution is -2.28. The molecule has 0 aliphatic carbocycles. The Bertz CT molecular complexity index is 402. The molecule has 2 nitrogen and oxygen atoms in total. The molecule has 0 unspecified atom stereocenters. The minimum atomic E-state index is 0.421. The van der Waals surface area contributed by atoms with E-state index < -0.39 is 0 Å². The molecular weight excluding hydrogens is 248 g/mol. The van der Waals surface area contributed by atoms with E-state index in [4.69, 9.17) is 18.0 Å². The van der Waals surface area contributed by atoms with Gasteiger partial charge in [0.15, 0.2) is 0 Å². The molecule has 0 spiro atoms. The van der Waals surface area contributed by atoms with Crippen LogP contribution in [0.2, 0.25) is 0 Å². The number of hydrogen-bond acceptors (Lipinski definition) is 3. The summed E-state index contributed by atoms with van der Waals surface area (Å²) in [6.07, 6.45) is 0. The molecule has 0 amide bonds. The highest BCUT2D eigenvalue weighted by Gasteiger charge is 2.15. The molecule has 0 saturated heterocycles. The molecule has 1 aromatic rings. The van der Waals surface area contributed by atoms with E-state index in [1.165, 1.54) is 4.90 Å². The van der Waals surface area contributed by atoms with E-state index in [2.05, 4.69) is 50.9 Å². The highest BCUT2D eigenvalue weighted by Crippen LogP contribution is 2.31. The Labute approximate surface area is 114 Å². The van der Waals surface area contributed by atoms with E-state index >= 15 is 0 Å². The first-order chi connectivity index (χ1) is 7.99. The Morgan fingerprint density at radius 1 is 1.47 bits per heavy atom. The zero-order chi connectivity index (χ0) is 13.0. The third-order valence-electron chi connectivity index (χ3n) is 2.71. The van der Waals surface area contributed by atoms with Gasteiger partial charge in [0, 0.05) is 29.2 Å². The van der Waals surface area contributed by atoms with Crippen LogP contribution in [0, 0.1) is 0 Å². The number of benzene rings is 1. The summed E-state index contributed by atoms with van der Waals surface area (Å²) in [5.74, 6) is 1.02. The summed E-state index contributed by atoms with van der Waals surface area (Å²) in [5, 5.41) is 0. The Hall–Kier alpha value is -0.740. The van der Waals surface area contributed by atoms with Crippen LogP contribution in [0.4, 0.5) is 5.69 Å². The molecule has 0 atom stereocenters. The van der Waals surface area contributed by atoms with Crippen LogP contribution in [-0.4, -0.2) is 23.8 Å². The van der Waals surface area contributed by atoms with E-state index in [1.807, 2.05) is 0 Å². The minimum absolute atomic E-state index is 0.421. The topological polar surface area (TPSA) is 29.3 Å². The monoisotopic (exact) mass is 268 g/mol. The molecule has 94 valence electrons. The molecule has 0 radical (unpaired) electrons. The van der Waals surface area contributed by atoms with Gasteiger partial charge >= 0.3 is 0 Å². The zero-order valence-electron chi connectivity index (χ0n) is 10.9. The van der Waals surface area contributed by atoms with Gasteiger partial charge in [0.2, 0.25) is 0 Å². The van der Waals surface area contributed by atoms with Crippen LogP contribution in [0.3, 0.4) is 0 Å². The van der Waals surface area contributed by atoms with Gasteiger partial charge in [-0.25, -0.2) is 0 Å². The van der Waals surface area contributed by atoms with Crippen molar-refractivity contribution in [1.29, 1.82) is 0 Å². The van der Waals surface area contributed by atoms with Crippen molar-refractivity contribution in [3.8, 4) is 0 Å². The standard InChI is InChI=1S/C13H20N2S2/c1-5-17-11-8-6-7-10(12(11)13(14)16)15(4)9(2)3/h6-9H,5H2,1-4H3,(H2,14,16). The number of thioether (sulfide) groups is 1. The van der Waals surface area contributed by atoms with Crippen LogP contribution >= 0.6 is 24.0 Å². The first kappa shape index (κ1) is 14.3. The van der Waals surface area contributed by atoms with Crippen molar-refractivity contribution in [3.63, 3.8) is 0 Å². The average Bonchev–Trinajstić information content (AvgIpc) is 2.27. The lowest BCUT2D eigenvalue weighted by molar-refractivity contribution is 0.753. The summed E-state index contributed by atoms with van der Waals surface area (Å²) < 4.78 is 0. The Morgan fingerprint density at radius 2 is 2.12 bits per heavy atom. The van der Waals surface area contributed by atoms with Gasteiger partial charge in [0.1, 0.15) is 4.99 Å². The first-order valence-electron chi connectivity index (χ1n) is 5.77. The molecule has 1 rings (SSSR count). The van der Waals surface area contributed by atoms with Crippen molar-refractivity contribution in [2.24, 2.45) is 5.73 Å². The molecule has 1 aromatic carbocycles. The predicted octanol–water partition coefficient (Wildman–Crippen LogP) is 3.28. The Kier molecular flexibility index (Phi) is 5.28. The van der Waals surface area contributed by atoms with Gasteiger partial charge in [0.05, 0.1) is 0 Å². The summed E-state index contributed by atoms with van der Waals surface area (Å²) in [7, 11) is 2.07. The smallest absolute Gasteiger partial charge is 0.107 e. The predicted molar refractivity (Wildman–Crippen MR) is 82.3 cm³/mol. The lowest BCUT2D eigenvalue weighted by Gasteiger charge is -2.27. The second-order valence-corrected chi connectivity index (χ2v) is 5.90. The third-order valence-corrected chi connectivity index (χ3v) is 3.85. The molecule has 2 N–H and O–H groups in total.